The lowest BCUT2D eigenvalue weighted by Gasteiger charge is -2.16. The molecule has 0 spiro atoms. The summed E-state index contributed by atoms with van der Waals surface area (Å²) < 4.78 is 57.5. The fraction of sp³-hybridized carbons (Fsp3) is 0.409. The number of anilines is 3. The molecule has 3 N–H and O–H groups in total. The quantitative estimate of drug-likeness (QED) is 0.478. The first-order chi connectivity index (χ1) is 16.0. The Kier molecular flexibility index (Phi) is 5.32. The number of pyridine rings is 1. The van der Waals surface area contributed by atoms with Crippen LogP contribution >= 0.6 is 0 Å². The molecule has 1 amide bonds. The number of hydrogen-bond donors (Lipinski definition) is 3. The average molecular weight is 492 g/mol. The van der Waals surface area contributed by atoms with E-state index < -0.39 is 34.0 Å². The molecule has 1 unspecified atom stereocenters. The van der Waals surface area contributed by atoms with Gasteiger partial charge in [-0.05, 0) is 37.5 Å². The molecule has 2 fully saturated rings. The van der Waals surface area contributed by atoms with Crippen molar-refractivity contribution in [1.82, 2.24) is 15.0 Å². The summed E-state index contributed by atoms with van der Waals surface area (Å²) in [5.41, 5.74) is 2.21. The van der Waals surface area contributed by atoms with Gasteiger partial charge in [-0.1, -0.05) is 6.07 Å². The van der Waals surface area contributed by atoms with Crippen LogP contribution in [0.25, 0.3) is 11.2 Å². The maximum Gasteiger partial charge on any atom is 0.260 e. The first kappa shape index (κ1) is 22.7. The van der Waals surface area contributed by atoms with Crippen LogP contribution in [0.2, 0.25) is 0 Å². The number of carbonyl (C=O) groups excluding carboxylic acids is 1. The standard InChI is InChI=1S/C22H23F2N5O4S/c1-11-25-19-15(9-18(28-20(19)26-11)29-21(30)13-10-22(13,23)24)27-14-6-5-12(16-4-3-7-33-16)8-17(14)34(2,31)32/h5-6,8-9,13,16H,3-4,7,10H2,1-2H3,(H3,25,26,27,28,29,30)/t13-,16?/m0/s1. The number of aromatic amines is 1. The summed E-state index contributed by atoms with van der Waals surface area (Å²) in [5, 5.41) is 5.52. The van der Waals surface area contributed by atoms with E-state index in [1.807, 2.05) is 6.07 Å². The number of aryl methyl sites for hydroxylation is 1. The Morgan fingerprint density at radius 3 is 2.65 bits per heavy atom. The second-order valence-electron chi connectivity index (χ2n) is 8.74. The van der Waals surface area contributed by atoms with Crippen LogP contribution in [-0.4, -0.2) is 48.1 Å². The molecule has 2 atom stereocenters. The average Bonchev–Trinajstić information content (AvgIpc) is 3.12. The van der Waals surface area contributed by atoms with Crippen molar-refractivity contribution in [2.24, 2.45) is 5.92 Å². The minimum atomic E-state index is -3.61. The Morgan fingerprint density at radius 1 is 1.24 bits per heavy atom. The van der Waals surface area contributed by atoms with Crippen LogP contribution in [0.5, 0.6) is 0 Å². The number of rotatable bonds is 6. The van der Waals surface area contributed by atoms with Gasteiger partial charge in [0.05, 0.1) is 22.4 Å². The van der Waals surface area contributed by atoms with Gasteiger partial charge in [0.2, 0.25) is 5.91 Å². The van der Waals surface area contributed by atoms with E-state index in [4.69, 9.17) is 4.74 Å². The number of halogens is 2. The van der Waals surface area contributed by atoms with Crippen molar-refractivity contribution in [3.05, 3.63) is 35.7 Å². The van der Waals surface area contributed by atoms with E-state index in [2.05, 4.69) is 25.6 Å². The Labute approximate surface area is 194 Å². The number of alkyl halides is 2. The molecule has 1 aliphatic heterocycles. The van der Waals surface area contributed by atoms with Gasteiger partial charge in [0.1, 0.15) is 23.1 Å². The van der Waals surface area contributed by atoms with Gasteiger partial charge in [-0.25, -0.2) is 27.2 Å². The molecule has 1 saturated carbocycles. The summed E-state index contributed by atoms with van der Waals surface area (Å²) in [5.74, 6) is -4.64. The van der Waals surface area contributed by atoms with Crippen molar-refractivity contribution in [1.29, 1.82) is 0 Å². The number of fused-ring (bicyclic) bond motifs is 1. The first-order valence-corrected chi connectivity index (χ1v) is 12.7. The van der Waals surface area contributed by atoms with Crippen molar-refractivity contribution in [3.63, 3.8) is 0 Å². The lowest BCUT2D eigenvalue weighted by molar-refractivity contribution is -0.119. The van der Waals surface area contributed by atoms with Gasteiger partial charge in [0.15, 0.2) is 15.5 Å². The fourth-order valence-corrected chi connectivity index (χ4v) is 4.98. The molecule has 3 aromatic rings. The third kappa shape index (κ3) is 4.34. The number of nitrogens with one attached hydrogen (secondary N) is 3. The molecular formula is C22H23F2N5O4S. The predicted octanol–water partition coefficient (Wildman–Crippen LogP) is 3.86. The third-order valence-corrected chi connectivity index (χ3v) is 7.09. The van der Waals surface area contributed by atoms with E-state index in [1.54, 1.807) is 19.1 Å². The molecule has 180 valence electrons. The summed E-state index contributed by atoms with van der Waals surface area (Å²) in [6, 6.07) is 6.52. The van der Waals surface area contributed by atoms with Gasteiger partial charge in [-0.2, -0.15) is 0 Å². The number of ether oxygens (including phenoxy) is 1. The smallest absolute Gasteiger partial charge is 0.260 e. The Bertz CT molecular complexity index is 1400. The van der Waals surface area contributed by atoms with Crippen LogP contribution in [-0.2, 0) is 19.4 Å². The molecule has 34 heavy (non-hydrogen) atoms. The van der Waals surface area contributed by atoms with E-state index >= 15 is 0 Å². The summed E-state index contributed by atoms with van der Waals surface area (Å²) >= 11 is 0. The summed E-state index contributed by atoms with van der Waals surface area (Å²) in [6.07, 6.45) is 2.20. The number of aromatic nitrogens is 3. The zero-order chi connectivity index (χ0) is 24.3. The monoisotopic (exact) mass is 491 g/mol. The van der Waals surface area contributed by atoms with Crippen LogP contribution in [0.4, 0.5) is 26.0 Å². The highest BCUT2D eigenvalue weighted by Gasteiger charge is 2.61. The molecule has 5 rings (SSSR count). The van der Waals surface area contributed by atoms with Crippen molar-refractivity contribution in [2.75, 3.05) is 23.5 Å². The van der Waals surface area contributed by atoms with Gasteiger partial charge in [0, 0.05) is 25.3 Å². The maximum absolute atomic E-state index is 13.3. The van der Waals surface area contributed by atoms with Crippen LogP contribution in [0.1, 0.15) is 36.8 Å². The van der Waals surface area contributed by atoms with Crippen LogP contribution in [0.3, 0.4) is 0 Å². The highest BCUT2D eigenvalue weighted by atomic mass is 32.2. The molecule has 1 saturated heterocycles. The maximum atomic E-state index is 13.3. The predicted molar refractivity (Wildman–Crippen MR) is 121 cm³/mol. The topological polar surface area (TPSA) is 126 Å². The molecule has 1 aliphatic carbocycles. The molecule has 2 aliphatic rings. The van der Waals surface area contributed by atoms with E-state index in [-0.39, 0.29) is 22.5 Å². The molecule has 0 radical (unpaired) electrons. The fourth-order valence-electron chi connectivity index (χ4n) is 4.11. The highest BCUT2D eigenvalue weighted by Crippen LogP contribution is 2.49. The van der Waals surface area contributed by atoms with Crippen molar-refractivity contribution < 1.29 is 26.7 Å². The summed E-state index contributed by atoms with van der Waals surface area (Å²) in [7, 11) is -3.61. The van der Waals surface area contributed by atoms with Gasteiger partial charge >= 0.3 is 0 Å². The summed E-state index contributed by atoms with van der Waals surface area (Å²) in [6.45, 7) is 2.35. The van der Waals surface area contributed by atoms with Crippen LogP contribution in [0.15, 0.2) is 29.2 Å². The number of sulfone groups is 1. The number of H-pyrrole nitrogens is 1. The largest absolute Gasteiger partial charge is 0.374 e. The van der Waals surface area contributed by atoms with E-state index in [0.29, 0.717) is 29.3 Å². The lowest BCUT2D eigenvalue weighted by Crippen LogP contribution is -2.18. The van der Waals surface area contributed by atoms with E-state index in [1.165, 1.54) is 6.07 Å². The zero-order valence-electron chi connectivity index (χ0n) is 18.5. The highest BCUT2D eigenvalue weighted by molar-refractivity contribution is 7.90. The zero-order valence-corrected chi connectivity index (χ0v) is 19.3. The van der Waals surface area contributed by atoms with Gasteiger partial charge in [0.25, 0.3) is 5.92 Å². The number of nitrogens with zero attached hydrogens (tertiary/aromatic N) is 2. The van der Waals surface area contributed by atoms with E-state index in [0.717, 1.165) is 24.7 Å². The van der Waals surface area contributed by atoms with Crippen molar-refractivity contribution in [3.8, 4) is 0 Å². The number of imidazole rings is 1. The minimum absolute atomic E-state index is 0.0334. The number of carbonyl (C=O) groups is 1. The lowest BCUT2D eigenvalue weighted by atomic mass is 10.1. The Hall–Kier alpha value is -3.12. The third-order valence-electron chi connectivity index (χ3n) is 5.95. The second-order valence-corrected chi connectivity index (χ2v) is 10.7. The van der Waals surface area contributed by atoms with Gasteiger partial charge < -0.3 is 20.4 Å². The molecule has 2 aromatic heterocycles. The van der Waals surface area contributed by atoms with Crippen molar-refractivity contribution >= 4 is 44.1 Å². The van der Waals surface area contributed by atoms with E-state index in [9.17, 15) is 22.0 Å². The van der Waals surface area contributed by atoms with Gasteiger partial charge in [-0.15, -0.1) is 0 Å². The second kappa shape index (κ2) is 7.98. The molecule has 9 nitrogen and oxygen atoms in total. The first-order valence-electron chi connectivity index (χ1n) is 10.8. The normalized spacial score (nSPS) is 21.5. The Balaban J connectivity index is 1.52. The van der Waals surface area contributed by atoms with Gasteiger partial charge in [-0.3, -0.25) is 4.79 Å². The minimum Gasteiger partial charge on any atom is -0.374 e. The summed E-state index contributed by atoms with van der Waals surface area (Å²) in [4.78, 5) is 23.8. The Morgan fingerprint density at radius 2 is 2.00 bits per heavy atom. The number of benzene rings is 1. The SMILES string of the molecule is Cc1nc2nc(NC(=O)[C@@H]3CC3(F)F)cc(Nc3ccc(C4CCCO4)cc3S(C)(=O)=O)c2[nH]1. The van der Waals surface area contributed by atoms with Crippen molar-refractivity contribution in [2.45, 2.75) is 43.1 Å². The van der Waals surface area contributed by atoms with Crippen LogP contribution in [0, 0.1) is 12.8 Å². The molecular weight excluding hydrogens is 468 g/mol. The van der Waals surface area contributed by atoms with Crippen LogP contribution < -0.4 is 10.6 Å². The number of amides is 1. The molecule has 0 bridgehead atoms. The molecule has 12 heteroatoms. The molecule has 3 heterocycles. The number of hydrogen-bond acceptors (Lipinski definition) is 7. The molecule has 1 aromatic carbocycles.